The third-order valence-electron chi connectivity index (χ3n) is 3.50. The lowest BCUT2D eigenvalue weighted by Crippen LogP contribution is -2.24. The van der Waals surface area contributed by atoms with Gasteiger partial charge >= 0.3 is 0 Å². The normalized spacial score (nSPS) is 23.9. The molecule has 2 rings (SSSR count). The molecule has 4 heteroatoms. The number of aryl methyl sites for hydroxylation is 2. The lowest BCUT2D eigenvalue weighted by molar-refractivity contribution is 0.0755. The van der Waals surface area contributed by atoms with Crippen LogP contribution >= 0.6 is 0 Å². The molecule has 1 aromatic rings. The molecule has 1 aliphatic carbocycles. The van der Waals surface area contributed by atoms with E-state index >= 15 is 0 Å². The van der Waals surface area contributed by atoms with Gasteiger partial charge in [0.05, 0.1) is 17.5 Å². The van der Waals surface area contributed by atoms with Crippen LogP contribution in [-0.2, 0) is 4.74 Å². The van der Waals surface area contributed by atoms with E-state index in [1.807, 2.05) is 13.8 Å². The molecule has 0 unspecified atom stereocenters. The Balaban J connectivity index is 1.95. The summed E-state index contributed by atoms with van der Waals surface area (Å²) in [5.41, 5.74) is 1.91. The van der Waals surface area contributed by atoms with E-state index in [9.17, 15) is 0 Å². The predicted octanol–water partition coefficient (Wildman–Crippen LogP) is 2.32. The van der Waals surface area contributed by atoms with Crippen LogP contribution in [-0.4, -0.2) is 29.7 Å². The minimum Gasteiger partial charge on any atom is -0.381 e. The van der Waals surface area contributed by atoms with Crippen molar-refractivity contribution in [1.82, 2.24) is 9.97 Å². The summed E-state index contributed by atoms with van der Waals surface area (Å²) in [5, 5.41) is 3.41. The number of hydrogen-bond donors (Lipinski definition) is 1. The quantitative estimate of drug-likeness (QED) is 0.870. The van der Waals surface area contributed by atoms with Gasteiger partial charge in [0.25, 0.3) is 0 Å². The van der Waals surface area contributed by atoms with Gasteiger partial charge in [0.15, 0.2) is 0 Å². The highest BCUT2D eigenvalue weighted by atomic mass is 16.5. The van der Waals surface area contributed by atoms with E-state index in [1.165, 1.54) is 19.3 Å². The van der Waals surface area contributed by atoms with Crippen molar-refractivity contribution in [2.45, 2.75) is 39.2 Å². The molecule has 1 aromatic heterocycles. The summed E-state index contributed by atoms with van der Waals surface area (Å²) in [5.74, 6) is 1.51. The van der Waals surface area contributed by atoms with E-state index in [0.29, 0.717) is 12.0 Å². The molecule has 0 aliphatic heterocycles. The van der Waals surface area contributed by atoms with E-state index in [0.717, 1.165) is 23.8 Å². The Morgan fingerprint density at radius 3 is 3.00 bits per heavy atom. The zero-order valence-corrected chi connectivity index (χ0v) is 10.9. The Morgan fingerprint density at radius 1 is 1.41 bits per heavy atom. The summed E-state index contributed by atoms with van der Waals surface area (Å²) in [6.45, 7) is 4.87. The van der Waals surface area contributed by atoms with Gasteiger partial charge in [0, 0.05) is 25.8 Å². The average Bonchev–Trinajstić information content (AvgIpc) is 2.77. The standard InChI is InChI=1S/C13H21N3O/c1-9-7-14-10(2)13(16-9)15-8-11-5-4-6-12(11)17-3/h7,11-12H,4-6,8H2,1-3H3,(H,15,16)/t11-,12-/m1/s1. The Bertz CT molecular complexity index is 381. The summed E-state index contributed by atoms with van der Waals surface area (Å²) >= 11 is 0. The number of methoxy groups -OCH3 is 1. The molecular weight excluding hydrogens is 214 g/mol. The fourth-order valence-electron chi connectivity index (χ4n) is 2.48. The lowest BCUT2D eigenvalue weighted by Gasteiger charge is -2.19. The van der Waals surface area contributed by atoms with Crippen LogP contribution in [0, 0.1) is 19.8 Å². The number of hydrogen-bond acceptors (Lipinski definition) is 4. The number of nitrogens with zero attached hydrogens (tertiary/aromatic N) is 2. The number of aromatic nitrogens is 2. The smallest absolute Gasteiger partial charge is 0.147 e. The lowest BCUT2D eigenvalue weighted by atomic mass is 10.1. The molecular formula is C13H21N3O. The molecule has 1 aliphatic rings. The first kappa shape index (κ1) is 12.3. The van der Waals surface area contributed by atoms with Gasteiger partial charge in [-0.05, 0) is 26.7 Å². The third kappa shape index (κ3) is 2.94. The molecule has 1 heterocycles. The molecule has 0 aromatic carbocycles. The van der Waals surface area contributed by atoms with Crippen molar-refractivity contribution >= 4 is 5.82 Å². The second-order valence-electron chi connectivity index (χ2n) is 4.79. The maximum absolute atomic E-state index is 5.49. The van der Waals surface area contributed by atoms with Crippen molar-refractivity contribution in [3.05, 3.63) is 17.6 Å². The molecule has 0 saturated heterocycles. The third-order valence-corrected chi connectivity index (χ3v) is 3.50. The van der Waals surface area contributed by atoms with Crippen molar-refractivity contribution in [1.29, 1.82) is 0 Å². The summed E-state index contributed by atoms with van der Waals surface area (Å²) in [4.78, 5) is 8.78. The van der Waals surface area contributed by atoms with Gasteiger partial charge in [-0.1, -0.05) is 6.42 Å². The van der Waals surface area contributed by atoms with E-state index in [1.54, 1.807) is 13.3 Å². The van der Waals surface area contributed by atoms with Gasteiger partial charge in [-0.25, -0.2) is 4.98 Å². The van der Waals surface area contributed by atoms with Gasteiger partial charge in [0.2, 0.25) is 0 Å². The molecule has 94 valence electrons. The van der Waals surface area contributed by atoms with Crippen LogP contribution in [0.5, 0.6) is 0 Å². The Morgan fingerprint density at radius 2 is 2.24 bits per heavy atom. The van der Waals surface area contributed by atoms with Gasteiger partial charge in [-0.15, -0.1) is 0 Å². The number of ether oxygens (including phenoxy) is 1. The number of anilines is 1. The fraction of sp³-hybridized carbons (Fsp3) is 0.692. The van der Waals surface area contributed by atoms with E-state index < -0.39 is 0 Å². The molecule has 1 fully saturated rings. The van der Waals surface area contributed by atoms with E-state index in [-0.39, 0.29) is 0 Å². The molecule has 0 radical (unpaired) electrons. The summed E-state index contributed by atoms with van der Waals surface area (Å²) in [6, 6.07) is 0. The van der Waals surface area contributed by atoms with Crippen molar-refractivity contribution in [2.75, 3.05) is 19.0 Å². The van der Waals surface area contributed by atoms with Crippen LogP contribution < -0.4 is 5.32 Å². The zero-order chi connectivity index (χ0) is 12.3. The minimum absolute atomic E-state index is 0.403. The molecule has 0 bridgehead atoms. The zero-order valence-electron chi connectivity index (χ0n) is 10.9. The van der Waals surface area contributed by atoms with Gasteiger partial charge in [0.1, 0.15) is 5.82 Å². The average molecular weight is 235 g/mol. The van der Waals surface area contributed by atoms with E-state index in [2.05, 4.69) is 15.3 Å². The molecule has 0 spiro atoms. The van der Waals surface area contributed by atoms with E-state index in [4.69, 9.17) is 4.74 Å². The largest absolute Gasteiger partial charge is 0.381 e. The molecule has 17 heavy (non-hydrogen) atoms. The summed E-state index contributed by atoms with van der Waals surface area (Å²) < 4.78 is 5.49. The van der Waals surface area contributed by atoms with Gasteiger partial charge < -0.3 is 10.1 Å². The monoisotopic (exact) mass is 235 g/mol. The first-order valence-electron chi connectivity index (χ1n) is 6.27. The van der Waals surface area contributed by atoms with Crippen LogP contribution in [0.15, 0.2) is 6.20 Å². The fourth-order valence-corrected chi connectivity index (χ4v) is 2.48. The SMILES string of the molecule is CO[C@@H]1CCC[C@@H]1CNc1nc(C)cnc1C. The first-order valence-corrected chi connectivity index (χ1v) is 6.27. The highest BCUT2D eigenvalue weighted by molar-refractivity contribution is 5.39. The first-order chi connectivity index (χ1) is 8.20. The maximum Gasteiger partial charge on any atom is 0.147 e. The number of nitrogens with one attached hydrogen (secondary N) is 1. The maximum atomic E-state index is 5.49. The van der Waals surface area contributed by atoms with Gasteiger partial charge in [-0.3, -0.25) is 4.98 Å². The Hall–Kier alpha value is -1.16. The molecule has 0 amide bonds. The highest BCUT2D eigenvalue weighted by Gasteiger charge is 2.26. The van der Waals surface area contributed by atoms with Crippen LogP contribution in [0.2, 0.25) is 0 Å². The second-order valence-corrected chi connectivity index (χ2v) is 4.79. The summed E-state index contributed by atoms with van der Waals surface area (Å²) in [7, 11) is 1.81. The highest BCUT2D eigenvalue weighted by Crippen LogP contribution is 2.28. The van der Waals surface area contributed by atoms with Crippen molar-refractivity contribution in [2.24, 2.45) is 5.92 Å². The Kier molecular flexibility index (Phi) is 3.94. The second kappa shape index (κ2) is 5.45. The van der Waals surface area contributed by atoms with Crippen LogP contribution in [0.4, 0.5) is 5.82 Å². The summed E-state index contributed by atoms with van der Waals surface area (Å²) in [6.07, 6.45) is 5.89. The molecule has 1 N–H and O–H groups in total. The van der Waals surface area contributed by atoms with Crippen LogP contribution in [0.3, 0.4) is 0 Å². The predicted molar refractivity (Wildman–Crippen MR) is 68.1 cm³/mol. The van der Waals surface area contributed by atoms with Crippen LogP contribution in [0.1, 0.15) is 30.7 Å². The molecule has 2 atom stereocenters. The van der Waals surface area contributed by atoms with Crippen molar-refractivity contribution < 1.29 is 4.74 Å². The Labute approximate surface area is 103 Å². The number of rotatable bonds is 4. The topological polar surface area (TPSA) is 47.0 Å². The minimum atomic E-state index is 0.403. The van der Waals surface area contributed by atoms with Crippen molar-refractivity contribution in [3.63, 3.8) is 0 Å². The van der Waals surface area contributed by atoms with Crippen molar-refractivity contribution in [3.8, 4) is 0 Å². The van der Waals surface area contributed by atoms with Gasteiger partial charge in [-0.2, -0.15) is 0 Å². The van der Waals surface area contributed by atoms with Crippen LogP contribution in [0.25, 0.3) is 0 Å². The molecule has 4 nitrogen and oxygen atoms in total. The molecule has 1 saturated carbocycles.